The van der Waals surface area contributed by atoms with Crippen LogP contribution >= 0.6 is 0 Å². The molecule has 4 nitrogen and oxygen atoms in total. The van der Waals surface area contributed by atoms with Crippen LogP contribution < -0.4 is 0 Å². The monoisotopic (exact) mass is 270 g/mol. The fourth-order valence-electron chi connectivity index (χ4n) is 1.49. The number of hydrogen-bond acceptors (Lipinski definition) is 4. The van der Waals surface area contributed by atoms with Gasteiger partial charge in [-0.3, -0.25) is 8.98 Å². The van der Waals surface area contributed by atoms with E-state index in [0.717, 1.165) is 12.8 Å². The van der Waals surface area contributed by atoms with Gasteiger partial charge in [-0.15, -0.1) is 0 Å². The topological polar surface area (TPSA) is 60.4 Å². The third-order valence-electron chi connectivity index (χ3n) is 2.55. The van der Waals surface area contributed by atoms with Crippen molar-refractivity contribution in [2.24, 2.45) is 0 Å². The average molecular weight is 270 g/mol. The second-order valence-corrected chi connectivity index (χ2v) is 5.71. The fourth-order valence-corrected chi connectivity index (χ4v) is 2.61. The largest absolute Gasteiger partial charge is 0.297 e. The van der Waals surface area contributed by atoms with Gasteiger partial charge in [-0.05, 0) is 25.0 Å². The fraction of sp³-hybridized carbons (Fsp3) is 0.462. The normalized spacial score (nSPS) is 11.4. The number of unbranched alkanes of at least 4 members (excludes halogenated alkanes) is 1. The minimum absolute atomic E-state index is 0.119. The zero-order valence-electron chi connectivity index (χ0n) is 10.7. The second-order valence-electron chi connectivity index (χ2n) is 4.12. The van der Waals surface area contributed by atoms with Gasteiger partial charge in [-0.1, -0.05) is 31.5 Å². The van der Waals surface area contributed by atoms with E-state index in [-0.39, 0.29) is 17.3 Å². The van der Waals surface area contributed by atoms with Gasteiger partial charge in [0.05, 0.1) is 4.90 Å². The molecule has 1 aromatic carbocycles. The Balaban J connectivity index is 2.67. The predicted octanol–water partition coefficient (Wildman–Crippen LogP) is 2.46. The number of carbonyl (C=O) groups is 1. The van der Waals surface area contributed by atoms with Crippen molar-refractivity contribution >= 4 is 15.9 Å². The Bertz CT molecular complexity index is 505. The number of carbonyl (C=O) groups excluding carboxylic acids is 1. The van der Waals surface area contributed by atoms with Gasteiger partial charge in [0.15, 0.2) is 5.78 Å². The number of hydrogen-bond donors (Lipinski definition) is 0. The minimum Gasteiger partial charge on any atom is -0.297 e. The number of Topliss-reactive ketones (excluding diaryl/α,β-unsaturated/α-hetero) is 1. The maximum atomic E-state index is 11.9. The van der Waals surface area contributed by atoms with Gasteiger partial charge in [0, 0.05) is 6.42 Å². The third-order valence-corrected chi connectivity index (χ3v) is 3.97. The van der Waals surface area contributed by atoms with E-state index in [4.69, 9.17) is 4.18 Å². The number of aryl methyl sites for hydroxylation is 1. The lowest BCUT2D eigenvalue weighted by molar-refractivity contribution is -0.121. The molecule has 0 aromatic heterocycles. The molecule has 5 heteroatoms. The van der Waals surface area contributed by atoms with Crippen LogP contribution in [0.4, 0.5) is 0 Å². The van der Waals surface area contributed by atoms with E-state index in [2.05, 4.69) is 0 Å². The zero-order valence-corrected chi connectivity index (χ0v) is 11.5. The van der Waals surface area contributed by atoms with Crippen LogP contribution in [0.2, 0.25) is 0 Å². The van der Waals surface area contributed by atoms with Gasteiger partial charge in [-0.25, -0.2) is 0 Å². The molecule has 1 rings (SSSR count). The van der Waals surface area contributed by atoms with Crippen LogP contribution in [0.3, 0.4) is 0 Å². The van der Waals surface area contributed by atoms with Crippen LogP contribution in [0.1, 0.15) is 31.7 Å². The smallest absolute Gasteiger partial charge is 0.297 e. The average Bonchev–Trinajstić information content (AvgIpc) is 2.34. The lowest BCUT2D eigenvalue weighted by Gasteiger charge is -2.07. The van der Waals surface area contributed by atoms with E-state index in [1.807, 2.05) is 6.92 Å². The summed E-state index contributed by atoms with van der Waals surface area (Å²) < 4.78 is 28.5. The molecule has 100 valence electrons. The molecular weight excluding hydrogens is 252 g/mol. The van der Waals surface area contributed by atoms with E-state index in [0.29, 0.717) is 12.0 Å². The van der Waals surface area contributed by atoms with Crippen LogP contribution in [0.15, 0.2) is 29.2 Å². The Morgan fingerprint density at radius 3 is 2.56 bits per heavy atom. The molecule has 0 bridgehead atoms. The molecule has 18 heavy (non-hydrogen) atoms. The highest BCUT2D eigenvalue weighted by molar-refractivity contribution is 7.86. The maximum absolute atomic E-state index is 11.9. The molecule has 1 aromatic rings. The molecule has 0 N–H and O–H groups in total. The quantitative estimate of drug-likeness (QED) is 0.714. The molecule has 0 fully saturated rings. The Hall–Kier alpha value is -1.20. The Kier molecular flexibility index (Phi) is 5.50. The van der Waals surface area contributed by atoms with Crippen LogP contribution in [0.25, 0.3) is 0 Å². The van der Waals surface area contributed by atoms with Crippen LogP contribution in [0.5, 0.6) is 0 Å². The molecule has 0 unspecified atom stereocenters. The first kappa shape index (κ1) is 14.9. The summed E-state index contributed by atoms with van der Waals surface area (Å²) in [7, 11) is -3.83. The first-order chi connectivity index (χ1) is 8.47. The van der Waals surface area contributed by atoms with Crippen molar-refractivity contribution in [1.29, 1.82) is 0 Å². The van der Waals surface area contributed by atoms with Gasteiger partial charge < -0.3 is 0 Å². The Morgan fingerprint density at radius 1 is 1.28 bits per heavy atom. The van der Waals surface area contributed by atoms with Gasteiger partial charge in [0.25, 0.3) is 10.1 Å². The molecule has 0 amide bonds. The molecule has 0 spiro atoms. The van der Waals surface area contributed by atoms with Crippen molar-refractivity contribution < 1.29 is 17.4 Å². The molecule has 0 heterocycles. The summed E-state index contributed by atoms with van der Waals surface area (Å²) >= 11 is 0. The number of rotatable bonds is 7. The summed E-state index contributed by atoms with van der Waals surface area (Å²) in [6.45, 7) is 3.28. The predicted molar refractivity (Wildman–Crippen MR) is 68.8 cm³/mol. The number of benzene rings is 1. The summed E-state index contributed by atoms with van der Waals surface area (Å²) in [5, 5.41) is 0. The van der Waals surface area contributed by atoms with E-state index in [1.165, 1.54) is 6.07 Å². The van der Waals surface area contributed by atoms with E-state index >= 15 is 0 Å². The summed E-state index contributed by atoms with van der Waals surface area (Å²) in [5.41, 5.74) is 0.610. The molecule has 0 radical (unpaired) electrons. The first-order valence-electron chi connectivity index (χ1n) is 5.94. The maximum Gasteiger partial charge on any atom is 0.297 e. The van der Waals surface area contributed by atoms with Gasteiger partial charge >= 0.3 is 0 Å². The SMILES string of the molecule is CCCCC(=O)COS(=O)(=O)c1ccccc1C. The van der Waals surface area contributed by atoms with Crippen molar-refractivity contribution in [3.63, 3.8) is 0 Å². The van der Waals surface area contributed by atoms with Gasteiger partial charge in [0.1, 0.15) is 6.61 Å². The highest BCUT2D eigenvalue weighted by Crippen LogP contribution is 2.16. The molecule has 0 saturated carbocycles. The standard InChI is InChI=1S/C13H18O4S/c1-3-4-8-12(14)10-17-18(15,16)13-9-6-5-7-11(13)2/h5-7,9H,3-4,8,10H2,1-2H3. The summed E-state index contributed by atoms with van der Waals surface area (Å²) in [4.78, 5) is 11.5. The Morgan fingerprint density at radius 2 is 1.94 bits per heavy atom. The summed E-state index contributed by atoms with van der Waals surface area (Å²) in [6, 6.07) is 6.54. The van der Waals surface area contributed by atoms with Crippen molar-refractivity contribution in [2.45, 2.75) is 38.0 Å². The lowest BCUT2D eigenvalue weighted by atomic mass is 10.2. The van der Waals surface area contributed by atoms with Crippen molar-refractivity contribution in [1.82, 2.24) is 0 Å². The van der Waals surface area contributed by atoms with Crippen molar-refractivity contribution in [2.75, 3.05) is 6.61 Å². The zero-order chi connectivity index (χ0) is 13.6. The summed E-state index contributed by atoms with van der Waals surface area (Å²) in [5.74, 6) is -0.186. The van der Waals surface area contributed by atoms with E-state index in [9.17, 15) is 13.2 Å². The second kappa shape index (κ2) is 6.66. The van der Waals surface area contributed by atoms with Gasteiger partial charge in [-0.2, -0.15) is 8.42 Å². The molecule has 0 aliphatic heterocycles. The van der Waals surface area contributed by atoms with Gasteiger partial charge in [0.2, 0.25) is 0 Å². The molecule has 0 atom stereocenters. The molecule has 0 aliphatic carbocycles. The summed E-state index contributed by atoms with van der Waals surface area (Å²) in [6.07, 6.45) is 2.02. The molecule has 0 aliphatic rings. The highest BCUT2D eigenvalue weighted by atomic mass is 32.2. The Labute approximate surface area is 108 Å². The van der Waals surface area contributed by atoms with Crippen LogP contribution in [0, 0.1) is 6.92 Å². The molecular formula is C13H18O4S. The highest BCUT2D eigenvalue weighted by Gasteiger charge is 2.18. The minimum atomic E-state index is -3.83. The van der Waals surface area contributed by atoms with Crippen LogP contribution in [-0.4, -0.2) is 20.8 Å². The van der Waals surface area contributed by atoms with Crippen molar-refractivity contribution in [3.05, 3.63) is 29.8 Å². The molecule has 0 saturated heterocycles. The third kappa shape index (κ3) is 4.23. The van der Waals surface area contributed by atoms with E-state index < -0.39 is 10.1 Å². The number of ketones is 1. The van der Waals surface area contributed by atoms with Crippen molar-refractivity contribution in [3.8, 4) is 0 Å². The van der Waals surface area contributed by atoms with E-state index in [1.54, 1.807) is 25.1 Å². The lowest BCUT2D eigenvalue weighted by Crippen LogP contribution is -2.15. The van der Waals surface area contributed by atoms with Crippen LogP contribution in [-0.2, 0) is 19.1 Å². The first-order valence-corrected chi connectivity index (χ1v) is 7.35.